The van der Waals surface area contributed by atoms with E-state index < -0.39 is 15.9 Å². The van der Waals surface area contributed by atoms with Crippen molar-refractivity contribution < 1.29 is 18.0 Å². The zero-order valence-corrected chi connectivity index (χ0v) is 23.0. The SMILES string of the molecule is Cc1cc(C)n(C(=O)c2c(NC(=O)c3ccc(S(=O)(=O)N(C)C)cc3)sc3c2CCN(C(C)C)C3)n1. The molecule has 2 aromatic heterocycles. The van der Waals surface area contributed by atoms with Gasteiger partial charge in [0, 0.05) is 49.4 Å². The fraction of sp³-hybridized carbons (Fsp3) is 0.400. The molecule has 0 aliphatic carbocycles. The molecule has 1 aliphatic heterocycles. The largest absolute Gasteiger partial charge is 0.313 e. The number of thiophene rings is 1. The number of rotatable bonds is 6. The van der Waals surface area contributed by atoms with Gasteiger partial charge in [-0.05, 0) is 70.0 Å². The molecule has 1 aromatic carbocycles. The number of aryl methyl sites for hydroxylation is 2. The van der Waals surface area contributed by atoms with Crippen molar-refractivity contribution in [3.8, 4) is 0 Å². The molecule has 0 radical (unpaired) electrons. The van der Waals surface area contributed by atoms with Gasteiger partial charge in [-0.3, -0.25) is 14.5 Å². The quantitative estimate of drug-likeness (QED) is 0.524. The lowest BCUT2D eigenvalue weighted by molar-refractivity contribution is 0.0941. The summed E-state index contributed by atoms with van der Waals surface area (Å²) in [6, 6.07) is 7.98. The highest BCUT2D eigenvalue weighted by molar-refractivity contribution is 7.89. The van der Waals surface area contributed by atoms with Crippen molar-refractivity contribution in [2.75, 3.05) is 26.0 Å². The number of sulfonamides is 1. The van der Waals surface area contributed by atoms with E-state index in [2.05, 4.69) is 29.2 Å². The molecule has 0 bridgehead atoms. The van der Waals surface area contributed by atoms with Crippen LogP contribution in [0.2, 0.25) is 0 Å². The minimum absolute atomic E-state index is 0.102. The van der Waals surface area contributed by atoms with Gasteiger partial charge in [-0.1, -0.05) is 0 Å². The molecule has 1 N–H and O–H groups in total. The number of nitrogens with zero attached hydrogens (tertiary/aromatic N) is 4. The number of nitrogens with one attached hydrogen (secondary N) is 1. The van der Waals surface area contributed by atoms with Crippen LogP contribution < -0.4 is 5.32 Å². The number of hydrogen-bond donors (Lipinski definition) is 1. The highest BCUT2D eigenvalue weighted by Crippen LogP contribution is 2.38. The lowest BCUT2D eigenvalue weighted by Crippen LogP contribution is -2.35. The van der Waals surface area contributed by atoms with Crippen molar-refractivity contribution in [2.24, 2.45) is 0 Å². The van der Waals surface area contributed by atoms with Crippen molar-refractivity contribution in [1.29, 1.82) is 0 Å². The van der Waals surface area contributed by atoms with Gasteiger partial charge in [0.15, 0.2) is 0 Å². The molecule has 0 fully saturated rings. The lowest BCUT2D eigenvalue weighted by Gasteiger charge is -2.30. The van der Waals surface area contributed by atoms with Gasteiger partial charge in [-0.25, -0.2) is 17.4 Å². The van der Waals surface area contributed by atoms with E-state index in [1.54, 1.807) is 0 Å². The summed E-state index contributed by atoms with van der Waals surface area (Å²) >= 11 is 1.41. The van der Waals surface area contributed by atoms with Crippen LogP contribution in [0.15, 0.2) is 35.2 Å². The second kappa shape index (κ2) is 9.89. The number of hydrogen-bond acceptors (Lipinski definition) is 7. The molecule has 0 spiro atoms. The summed E-state index contributed by atoms with van der Waals surface area (Å²) in [6.45, 7) is 9.49. The molecule has 0 unspecified atom stereocenters. The van der Waals surface area contributed by atoms with E-state index >= 15 is 0 Å². The van der Waals surface area contributed by atoms with Crippen LogP contribution in [-0.2, 0) is 23.0 Å². The predicted molar refractivity (Wildman–Crippen MR) is 140 cm³/mol. The summed E-state index contributed by atoms with van der Waals surface area (Å²) < 4.78 is 27.2. The molecule has 1 amide bonds. The van der Waals surface area contributed by atoms with E-state index in [1.165, 1.54) is 54.4 Å². The first-order valence-electron chi connectivity index (χ1n) is 11.7. The first-order chi connectivity index (χ1) is 16.9. The standard InChI is InChI=1S/C25H31N5O4S2/c1-15(2)29-12-11-20-21(14-29)35-24(22(20)25(32)30-17(4)13-16(3)27-30)26-23(31)18-7-9-19(10-8-18)36(33,34)28(5)6/h7-10,13,15H,11-12,14H2,1-6H3,(H,26,31). The molecule has 4 rings (SSSR count). The van der Waals surface area contributed by atoms with E-state index in [1.807, 2.05) is 19.9 Å². The smallest absolute Gasteiger partial charge is 0.281 e. The second-order valence-corrected chi connectivity index (χ2v) is 12.7. The van der Waals surface area contributed by atoms with Crippen LogP contribution in [-0.4, -0.2) is 65.9 Å². The Bertz CT molecular complexity index is 1420. The molecule has 0 saturated carbocycles. The maximum Gasteiger partial charge on any atom is 0.281 e. The Hall–Kier alpha value is -2.86. The van der Waals surface area contributed by atoms with Gasteiger partial charge in [-0.2, -0.15) is 5.10 Å². The van der Waals surface area contributed by atoms with E-state index in [-0.39, 0.29) is 10.8 Å². The van der Waals surface area contributed by atoms with Gasteiger partial charge in [0.05, 0.1) is 16.2 Å². The lowest BCUT2D eigenvalue weighted by atomic mass is 10.0. The summed E-state index contributed by atoms with van der Waals surface area (Å²) in [6.07, 6.45) is 0.706. The van der Waals surface area contributed by atoms with Crippen LogP contribution in [0.5, 0.6) is 0 Å². The second-order valence-electron chi connectivity index (χ2n) is 9.43. The highest BCUT2D eigenvalue weighted by atomic mass is 32.2. The minimum atomic E-state index is -3.60. The molecule has 11 heteroatoms. The van der Waals surface area contributed by atoms with Crippen molar-refractivity contribution in [1.82, 2.24) is 19.0 Å². The number of anilines is 1. The maximum absolute atomic E-state index is 13.7. The Morgan fingerprint density at radius 3 is 2.36 bits per heavy atom. The van der Waals surface area contributed by atoms with Gasteiger partial charge in [0.25, 0.3) is 11.8 Å². The third-order valence-corrected chi connectivity index (χ3v) is 9.32. The summed E-state index contributed by atoms with van der Waals surface area (Å²) in [5.74, 6) is -0.677. The van der Waals surface area contributed by atoms with E-state index in [4.69, 9.17) is 0 Å². The summed E-state index contributed by atoms with van der Waals surface area (Å²) in [4.78, 5) is 30.3. The number of carbonyl (C=O) groups is 2. The Labute approximate surface area is 215 Å². The van der Waals surface area contributed by atoms with Gasteiger partial charge >= 0.3 is 0 Å². The average Bonchev–Trinajstić information content (AvgIpc) is 3.36. The summed E-state index contributed by atoms with van der Waals surface area (Å²) in [7, 11) is -0.689. The Morgan fingerprint density at radius 2 is 1.81 bits per heavy atom. The Morgan fingerprint density at radius 1 is 1.14 bits per heavy atom. The number of aromatic nitrogens is 2. The van der Waals surface area contributed by atoms with Crippen LogP contribution in [0, 0.1) is 13.8 Å². The molecule has 192 valence electrons. The number of amides is 1. The predicted octanol–water partition coefficient (Wildman–Crippen LogP) is 3.52. The van der Waals surface area contributed by atoms with E-state index in [0.717, 1.165) is 32.7 Å². The number of benzene rings is 1. The normalized spacial score (nSPS) is 14.3. The molecule has 0 saturated heterocycles. The van der Waals surface area contributed by atoms with E-state index in [9.17, 15) is 18.0 Å². The van der Waals surface area contributed by atoms with Crippen LogP contribution in [0.4, 0.5) is 5.00 Å². The van der Waals surface area contributed by atoms with Crippen molar-refractivity contribution in [3.05, 3.63) is 63.3 Å². The van der Waals surface area contributed by atoms with Crippen molar-refractivity contribution >= 4 is 38.2 Å². The zero-order chi connectivity index (χ0) is 26.4. The van der Waals surface area contributed by atoms with Gasteiger partial charge in [0.2, 0.25) is 10.0 Å². The molecule has 0 atom stereocenters. The first-order valence-corrected chi connectivity index (χ1v) is 14.0. The molecule has 9 nitrogen and oxygen atoms in total. The third-order valence-electron chi connectivity index (χ3n) is 6.35. The van der Waals surface area contributed by atoms with Crippen molar-refractivity contribution in [3.63, 3.8) is 0 Å². The third kappa shape index (κ3) is 4.88. The number of carbonyl (C=O) groups excluding carboxylic acids is 2. The Kier molecular flexibility index (Phi) is 7.20. The number of fused-ring (bicyclic) bond motifs is 1. The molecular formula is C25H31N5O4S2. The average molecular weight is 530 g/mol. The fourth-order valence-electron chi connectivity index (χ4n) is 4.28. The van der Waals surface area contributed by atoms with Gasteiger partial charge in [0.1, 0.15) is 5.00 Å². The molecule has 3 aromatic rings. The zero-order valence-electron chi connectivity index (χ0n) is 21.3. The first kappa shape index (κ1) is 26.2. The molecule has 36 heavy (non-hydrogen) atoms. The van der Waals surface area contributed by atoms with Crippen LogP contribution in [0.3, 0.4) is 0 Å². The fourth-order valence-corrected chi connectivity index (χ4v) is 6.45. The van der Waals surface area contributed by atoms with Crippen LogP contribution in [0.25, 0.3) is 0 Å². The highest BCUT2D eigenvalue weighted by Gasteiger charge is 2.31. The van der Waals surface area contributed by atoms with Gasteiger partial charge in [-0.15, -0.1) is 11.3 Å². The molecule has 1 aliphatic rings. The van der Waals surface area contributed by atoms with Crippen molar-refractivity contribution in [2.45, 2.75) is 51.6 Å². The van der Waals surface area contributed by atoms with Gasteiger partial charge < -0.3 is 5.32 Å². The Balaban J connectivity index is 1.70. The summed E-state index contributed by atoms with van der Waals surface area (Å²) in [5.41, 5.74) is 3.20. The van der Waals surface area contributed by atoms with Crippen LogP contribution >= 0.6 is 11.3 Å². The van der Waals surface area contributed by atoms with E-state index in [0.29, 0.717) is 35.1 Å². The molecular weight excluding hydrogens is 498 g/mol. The summed E-state index contributed by atoms with van der Waals surface area (Å²) in [5, 5.41) is 7.78. The minimum Gasteiger partial charge on any atom is -0.313 e. The monoisotopic (exact) mass is 529 g/mol. The van der Waals surface area contributed by atoms with Crippen LogP contribution in [0.1, 0.15) is 56.4 Å². The topological polar surface area (TPSA) is 105 Å². The maximum atomic E-state index is 13.7. The molecule has 3 heterocycles.